The molecule has 0 saturated carbocycles. The van der Waals surface area contributed by atoms with Crippen molar-refractivity contribution >= 4 is 45.2 Å². The highest BCUT2D eigenvalue weighted by Gasteiger charge is 2.09. The number of alkyl halides is 1. The number of benzene rings is 1. The van der Waals surface area contributed by atoms with Gasteiger partial charge in [-0.15, -0.1) is 11.6 Å². The van der Waals surface area contributed by atoms with Gasteiger partial charge in [-0.2, -0.15) is 5.26 Å². The van der Waals surface area contributed by atoms with Crippen molar-refractivity contribution in [2.45, 2.75) is 0 Å². The van der Waals surface area contributed by atoms with E-state index in [1.807, 2.05) is 11.4 Å². The quantitative estimate of drug-likeness (QED) is 0.821. The number of nitrogens with one attached hydrogen (secondary N) is 2. The number of hydrogen-bond donors (Lipinski definition) is 2. The maximum atomic E-state index is 11.3. The fourth-order valence-electron chi connectivity index (χ4n) is 1.03. The third kappa shape index (κ3) is 4.06. The molecule has 0 aromatic heterocycles. The number of hydrogen-bond acceptors (Lipinski definition) is 3. The van der Waals surface area contributed by atoms with Gasteiger partial charge in [0, 0.05) is 4.47 Å². The first-order valence-electron chi connectivity index (χ1n) is 4.43. The first kappa shape index (κ1) is 13.5. The molecule has 0 aliphatic rings. The monoisotopic (exact) mass is 315 g/mol. The Hall–Kier alpha value is -1.58. The van der Waals surface area contributed by atoms with E-state index in [2.05, 4.69) is 21.2 Å². The lowest BCUT2D eigenvalue weighted by atomic mass is 10.2. The zero-order valence-electron chi connectivity index (χ0n) is 8.46. The predicted octanol–water partition coefficient (Wildman–Crippen LogP) is 2.21. The number of rotatable bonds is 2. The molecular weight excluding hydrogens is 309 g/mol. The van der Waals surface area contributed by atoms with Crippen molar-refractivity contribution in [3.05, 3.63) is 28.2 Å². The van der Waals surface area contributed by atoms with E-state index in [4.69, 9.17) is 16.9 Å². The van der Waals surface area contributed by atoms with E-state index < -0.39 is 11.9 Å². The second-order valence-corrected chi connectivity index (χ2v) is 4.12. The third-order valence-corrected chi connectivity index (χ3v) is 2.46. The van der Waals surface area contributed by atoms with E-state index in [0.717, 1.165) is 0 Å². The number of anilines is 1. The largest absolute Gasteiger partial charge is 0.325 e. The minimum atomic E-state index is -0.731. The Balaban J connectivity index is 2.81. The van der Waals surface area contributed by atoms with Gasteiger partial charge in [-0.3, -0.25) is 10.1 Å². The summed E-state index contributed by atoms with van der Waals surface area (Å²) in [7, 11) is 0. The number of carbonyl (C=O) groups is 2. The summed E-state index contributed by atoms with van der Waals surface area (Å²) in [6.07, 6.45) is 0. The van der Waals surface area contributed by atoms with Gasteiger partial charge in [0.15, 0.2) is 0 Å². The van der Waals surface area contributed by atoms with Gasteiger partial charge in [0.05, 0.1) is 11.3 Å². The Morgan fingerprint density at radius 3 is 2.76 bits per heavy atom. The zero-order chi connectivity index (χ0) is 12.8. The molecule has 0 atom stereocenters. The standard InChI is InChI=1S/C10H7BrClN3O2/c11-7-2-1-6(5-13)8(3-7)14-10(17)15-9(16)4-12/h1-3H,4H2,(H2,14,15,16,17). The molecule has 0 bridgehead atoms. The topological polar surface area (TPSA) is 82.0 Å². The Kier molecular flexibility index (Phi) is 4.94. The van der Waals surface area contributed by atoms with Crippen molar-refractivity contribution in [1.29, 1.82) is 5.26 Å². The number of urea groups is 1. The van der Waals surface area contributed by atoms with Crippen LogP contribution in [-0.2, 0) is 4.79 Å². The number of halogens is 2. The number of imide groups is 1. The summed E-state index contributed by atoms with van der Waals surface area (Å²) in [5.41, 5.74) is 0.600. The molecule has 0 heterocycles. The van der Waals surface area contributed by atoms with Crippen LogP contribution in [0, 0.1) is 11.3 Å². The number of amides is 3. The minimum absolute atomic E-state index is 0.293. The minimum Gasteiger partial charge on any atom is -0.306 e. The van der Waals surface area contributed by atoms with Gasteiger partial charge < -0.3 is 5.32 Å². The number of nitriles is 1. The summed E-state index contributed by atoms with van der Waals surface area (Å²) in [5.74, 6) is -0.922. The molecular formula is C10H7BrClN3O2. The highest BCUT2D eigenvalue weighted by atomic mass is 79.9. The molecule has 0 radical (unpaired) electrons. The molecule has 88 valence electrons. The summed E-state index contributed by atoms with van der Waals surface area (Å²) in [6.45, 7) is 0. The lowest BCUT2D eigenvalue weighted by molar-refractivity contribution is -0.117. The van der Waals surface area contributed by atoms with Crippen LogP contribution in [0.3, 0.4) is 0 Å². The normalized spacial score (nSPS) is 9.24. The summed E-state index contributed by atoms with van der Waals surface area (Å²) < 4.78 is 0.704. The molecule has 0 unspecified atom stereocenters. The van der Waals surface area contributed by atoms with Crippen molar-refractivity contribution in [3.8, 4) is 6.07 Å². The van der Waals surface area contributed by atoms with E-state index in [9.17, 15) is 9.59 Å². The lowest BCUT2D eigenvalue weighted by Crippen LogP contribution is -2.35. The summed E-state index contributed by atoms with van der Waals surface area (Å²) in [4.78, 5) is 22.2. The van der Waals surface area contributed by atoms with E-state index in [-0.39, 0.29) is 5.88 Å². The Bertz CT molecular complexity index is 499. The van der Waals surface area contributed by atoms with E-state index >= 15 is 0 Å². The molecule has 3 amide bonds. The second-order valence-electron chi connectivity index (χ2n) is 2.94. The predicted molar refractivity (Wildman–Crippen MR) is 66.7 cm³/mol. The van der Waals surface area contributed by atoms with Crippen LogP contribution < -0.4 is 10.6 Å². The maximum Gasteiger partial charge on any atom is 0.325 e. The first-order valence-corrected chi connectivity index (χ1v) is 5.76. The summed E-state index contributed by atoms with van der Waals surface area (Å²) in [6, 6.07) is 5.97. The van der Waals surface area contributed by atoms with Crippen LogP contribution in [0.25, 0.3) is 0 Å². The highest BCUT2D eigenvalue weighted by molar-refractivity contribution is 9.10. The average Bonchev–Trinajstić information content (AvgIpc) is 2.29. The van der Waals surface area contributed by atoms with Crippen LogP contribution in [-0.4, -0.2) is 17.8 Å². The number of nitrogens with zero attached hydrogens (tertiary/aromatic N) is 1. The fraction of sp³-hybridized carbons (Fsp3) is 0.100. The van der Waals surface area contributed by atoms with Crippen LogP contribution in [0.4, 0.5) is 10.5 Å². The second kappa shape index (κ2) is 6.23. The Morgan fingerprint density at radius 2 is 2.18 bits per heavy atom. The van der Waals surface area contributed by atoms with Gasteiger partial charge in [-0.05, 0) is 18.2 Å². The van der Waals surface area contributed by atoms with Crippen molar-refractivity contribution in [3.63, 3.8) is 0 Å². The Labute approximate surface area is 111 Å². The molecule has 5 nitrogen and oxygen atoms in total. The van der Waals surface area contributed by atoms with E-state index in [0.29, 0.717) is 15.7 Å². The van der Waals surface area contributed by atoms with Gasteiger partial charge in [-0.1, -0.05) is 15.9 Å². The van der Waals surface area contributed by atoms with Crippen LogP contribution in [0.5, 0.6) is 0 Å². The molecule has 1 aromatic carbocycles. The van der Waals surface area contributed by atoms with Crippen LogP contribution in [0.2, 0.25) is 0 Å². The van der Waals surface area contributed by atoms with Gasteiger partial charge in [0.2, 0.25) is 5.91 Å². The zero-order valence-corrected chi connectivity index (χ0v) is 10.8. The van der Waals surface area contributed by atoms with Crippen molar-refractivity contribution in [2.24, 2.45) is 0 Å². The summed E-state index contributed by atoms with van der Waals surface area (Å²) >= 11 is 8.44. The summed E-state index contributed by atoms with van der Waals surface area (Å²) in [5, 5.41) is 13.2. The molecule has 0 fully saturated rings. The van der Waals surface area contributed by atoms with Gasteiger partial charge >= 0.3 is 6.03 Å². The highest BCUT2D eigenvalue weighted by Crippen LogP contribution is 2.20. The average molecular weight is 317 g/mol. The van der Waals surface area contributed by atoms with Gasteiger partial charge in [0.25, 0.3) is 0 Å². The van der Waals surface area contributed by atoms with Crippen LogP contribution in [0.1, 0.15) is 5.56 Å². The molecule has 1 rings (SSSR count). The van der Waals surface area contributed by atoms with Crippen molar-refractivity contribution in [2.75, 3.05) is 11.2 Å². The number of carbonyl (C=O) groups excluding carboxylic acids is 2. The molecule has 17 heavy (non-hydrogen) atoms. The molecule has 0 spiro atoms. The molecule has 0 saturated heterocycles. The molecule has 0 aliphatic heterocycles. The SMILES string of the molecule is N#Cc1ccc(Br)cc1NC(=O)NC(=O)CCl. The molecule has 1 aromatic rings. The lowest BCUT2D eigenvalue weighted by Gasteiger charge is -2.07. The molecule has 7 heteroatoms. The fourth-order valence-corrected chi connectivity index (χ4v) is 1.46. The van der Waals surface area contributed by atoms with Crippen LogP contribution >= 0.6 is 27.5 Å². The smallest absolute Gasteiger partial charge is 0.306 e. The molecule has 2 N–H and O–H groups in total. The van der Waals surface area contributed by atoms with Gasteiger partial charge in [-0.25, -0.2) is 4.79 Å². The van der Waals surface area contributed by atoms with E-state index in [1.165, 1.54) is 0 Å². The van der Waals surface area contributed by atoms with E-state index in [1.54, 1.807) is 18.2 Å². The Morgan fingerprint density at radius 1 is 1.47 bits per heavy atom. The van der Waals surface area contributed by atoms with Crippen LogP contribution in [0.15, 0.2) is 22.7 Å². The maximum absolute atomic E-state index is 11.3. The third-order valence-electron chi connectivity index (χ3n) is 1.72. The first-order chi connectivity index (χ1) is 8.06. The van der Waals surface area contributed by atoms with Crippen molar-refractivity contribution < 1.29 is 9.59 Å². The van der Waals surface area contributed by atoms with Gasteiger partial charge in [0.1, 0.15) is 11.9 Å². The van der Waals surface area contributed by atoms with Crippen molar-refractivity contribution in [1.82, 2.24) is 5.32 Å². The molecule has 0 aliphatic carbocycles.